The summed E-state index contributed by atoms with van der Waals surface area (Å²) in [6, 6.07) is 9.55. The monoisotopic (exact) mass is 388 g/mol. The third-order valence-corrected chi connectivity index (χ3v) is 6.07. The molecular weight excluding hydrogens is 364 g/mol. The molecule has 7 nitrogen and oxygen atoms in total. The summed E-state index contributed by atoms with van der Waals surface area (Å²) >= 11 is 1.37. The van der Waals surface area contributed by atoms with E-state index in [0.717, 1.165) is 10.7 Å². The quantitative estimate of drug-likeness (QED) is 0.765. The second-order valence-corrected chi connectivity index (χ2v) is 7.98. The second kappa shape index (κ2) is 8.12. The zero-order valence-corrected chi connectivity index (χ0v) is 16.4. The summed E-state index contributed by atoms with van der Waals surface area (Å²) in [7, 11) is 0. The van der Waals surface area contributed by atoms with Crippen molar-refractivity contribution in [2.75, 3.05) is 18.8 Å². The molecule has 3 rings (SSSR count). The lowest BCUT2D eigenvalue weighted by Gasteiger charge is -2.39. The van der Waals surface area contributed by atoms with E-state index in [0.29, 0.717) is 25.9 Å². The molecule has 0 saturated carbocycles. The third kappa shape index (κ3) is 4.00. The molecule has 0 atom stereocenters. The molecule has 0 spiro atoms. The molecule has 0 bridgehead atoms. The molecule has 1 aromatic carbocycles. The van der Waals surface area contributed by atoms with Gasteiger partial charge in [0.05, 0.1) is 11.2 Å². The number of carbonyl (C=O) groups is 2. The predicted octanol–water partition coefficient (Wildman–Crippen LogP) is 2.60. The number of hydrogen-bond acceptors (Lipinski definition) is 5. The van der Waals surface area contributed by atoms with E-state index in [1.54, 1.807) is 11.2 Å². The largest absolute Gasteiger partial charge is 0.481 e. The Morgan fingerprint density at radius 2 is 1.89 bits per heavy atom. The molecule has 1 aliphatic rings. The lowest BCUT2D eigenvalue weighted by molar-refractivity contribution is -0.147. The van der Waals surface area contributed by atoms with Crippen LogP contribution in [0.2, 0.25) is 0 Å². The molecule has 0 unspecified atom stereocenters. The number of benzene rings is 1. The van der Waals surface area contributed by atoms with Gasteiger partial charge in [0, 0.05) is 19.1 Å². The zero-order chi connectivity index (χ0) is 19.4. The van der Waals surface area contributed by atoms with E-state index >= 15 is 0 Å². The van der Waals surface area contributed by atoms with Crippen LogP contribution in [-0.2, 0) is 15.0 Å². The number of carboxylic acid groups (broad SMARTS) is 1. The zero-order valence-electron chi connectivity index (χ0n) is 15.5. The lowest BCUT2D eigenvalue weighted by Crippen LogP contribution is -2.49. The second-order valence-electron chi connectivity index (χ2n) is 7.04. The van der Waals surface area contributed by atoms with Gasteiger partial charge in [-0.05, 0) is 32.3 Å². The van der Waals surface area contributed by atoms with Gasteiger partial charge in [0.1, 0.15) is 6.33 Å². The number of nitrogens with zero attached hydrogens (tertiary/aromatic N) is 4. The van der Waals surface area contributed by atoms with Crippen molar-refractivity contribution in [3.8, 4) is 0 Å². The molecule has 1 aliphatic heterocycles. The van der Waals surface area contributed by atoms with Crippen LogP contribution in [0.3, 0.4) is 0 Å². The van der Waals surface area contributed by atoms with Crippen LogP contribution in [0.4, 0.5) is 0 Å². The topological polar surface area (TPSA) is 88.3 Å². The van der Waals surface area contributed by atoms with Gasteiger partial charge in [-0.15, -0.1) is 10.2 Å². The summed E-state index contributed by atoms with van der Waals surface area (Å²) in [5.74, 6) is -0.540. The highest BCUT2D eigenvalue weighted by Gasteiger charge is 2.43. The van der Waals surface area contributed by atoms with Crippen molar-refractivity contribution in [3.63, 3.8) is 0 Å². The molecular formula is C19H24N4O3S. The highest BCUT2D eigenvalue weighted by atomic mass is 32.2. The maximum atomic E-state index is 12.6. The van der Waals surface area contributed by atoms with Crippen LogP contribution in [0, 0.1) is 0 Å². The molecule has 1 aromatic heterocycles. The number of piperidine rings is 1. The van der Waals surface area contributed by atoms with Crippen LogP contribution >= 0.6 is 11.8 Å². The molecule has 1 fully saturated rings. The first-order valence-corrected chi connectivity index (χ1v) is 10.0. The van der Waals surface area contributed by atoms with E-state index in [1.165, 1.54) is 11.8 Å². The van der Waals surface area contributed by atoms with Gasteiger partial charge < -0.3 is 14.6 Å². The fourth-order valence-corrected chi connectivity index (χ4v) is 4.38. The minimum atomic E-state index is -0.914. The third-order valence-electron chi connectivity index (χ3n) is 5.13. The normalized spacial score (nSPS) is 16.5. The summed E-state index contributed by atoms with van der Waals surface area (Å²) in [6.07, 6.45) is 2.51. The highest BCUT2D eigenvalue weighted by molar-refractivity contribution is 7.99. The van der Waals surface area contributed by atoms with Crippen molar-refractivity contribution < 1.29 is 14.7 Å². The van der Waals surface area contributed by atoms with Gasteiger partial charge >= 0.3 is 5.97 Å². The first kappa shape index (κ1) is 19.4. The van der Waals surface area contributed by atoms with Crippen molar-refractivity contribution in [1.29, 1.82) is 0 Å². The van der Waals surface area contributed by atoms with Gasteiger partial charge in [-0.1, -0.05) is 42.1 Å². The first-order chi connectivity index (χ1) is 12.9. The van der Waals surface area contributed by atoms with Gasteiger partial charge in [0.25, 0.3) is 0 Å². The van der Waals surface area contributed by atoms with Crippen LogP contribution in [0.5, 0.6) is 0 Å². The first-order valence-electron chi connectivity index (χ1n) is 9.03. The Bertz CT molecular complexity index is 798. The number of carbonyl (C=O) groups excluding carboxylic acids is 1. The van der Waals surface area contributed by atoms with Gasteiger partial charge in [0.2, 0.25) is 5.91 Å². The predicted molar refractivity (Wildman–Crippen MR) is 103 cm³/mol. The van der Waals surface area contributed by atoms with Gasteiger partial charge in [-0.25, -0.2) is 0 Å². The summed E-state index contributed by atoms with van der Waals surface area (Å²) in [4.78, 5) is 26.4. The summed E-state index contributed by atoms with van der Waals surface area (Å²) in [5, 5.41) is 18.5. The van der Waals surface area contributed by atoms with E-state index in [9.17, 15) is 14.7 Å². The number of hydrogen-bond donors (Lipinski definition) is 1. The van der Waals surface area contributed by atoms with Gasteiger partial charge in [0.15, 0.2) is 5.16 Å². The number of aromatic nitrogens is 3. The molecule has 2 heterocycles. The highest BCUT2D eigenvalue weighted by Crippen LogP contribution is 2.36. The molecule has 0 radical (unpaired) electrons. The number of amides is 1. The van der Waals surface area contributed by atoms with Crippen LogP contribution < -0.4 is 0 Å². The minimum Gasteiger partial charge on any atom is -0.481 e. The number of aliphatic carboxylic acids is 1. The van der Waals surface area contributed by atoms with Gasteiger partial charge in [-0.3, -0.25) is 9.59 Å². The SMILES string of the molecule is CC(C)n1cnnc1SCC(=O)N1CCC(C(=O)O)(c2ccccc2)CC1. The lowest BCUT2D eigenvalue weighted by atomic mass is 9.73. The van der Waals surface area contributed by atoms with Crippen molar-refractivity contribution in [2.45, 2.75) is 43.3 Å². The number of carboxylic acids is 1. The van der Waals surface area contributed by atoms with Crippen molar-refractivity contribution >= 4 is 23.6 Å². The molecule has 27 heavy (non-hydrogen) atoms. The standard InChI is InChI=1S/C19H24N4O3S/c1-14(2)23-13-20-21-18(23)27-12-16(24)22-10-8-19(9-11-22,17(25)26)15-6-4-3-5-7-15/h3-7,13-14H,8-12H2,1-2H3,(H,25,26). The number of rotatable bonds is 6. The van der Waals surface area contributed by atoms with Gasteiger partial charge in [-0.2, -0.15) is 0 Å². The Kier molecular flexibility index (Phi) is 5.84. The fraction of sp³-hybridized carbons (Fsp3) is 0.474. The Hall–Kier alpha value is -2.35. The molecule has 1 saturated heterocycles. The summed E-state index contributed by atoms with van der Waals surface area (Å²) < 4.78 is 1.93. The molecule has 0 aliphatic carbocycles. The van der Waals surface area contributed by atoms with Crippen molar-refractivity contribution in [1.82, 2.24) is 19.7 Å². The number of thioether (sulfide) groups is 1. The molecule has 8 heteroatoms. The van der Waals surface area contributed by atoms with E-state index in [-0.39, 0.29) is 17.7 Å². The Labute approximate surface area is 162 Å². The Morgan fingerprint density at radius 3 is 2.48 bits per heavy atom. The van der Waals surface area contributed by atoms with Crippen LogP contribution in [-0.4, -0.2) is 55.5 Å². The molecule has 1 N–H and O–H groups in total. The molecule has 1 amide bonds. The molecule has 144 valence electrons. The van der Waals surface area contributed by atoms with E-state index in [1.807, 2.05) is 48.7 Å². The fourth-order valence-electron chi connectivity index (χ4n) is 3.43. The summed E-state index contributed by atoms with van der Waals surface area (Å²) in [5.41, 5.74) is -0.104. The smallest absolute Gasteiger partial charge is 0.314 e. The average Bonchev–Trinajstić information content (AvgIpc) is 3.15. The number of likely N-dealkylation sites (tertiary alicyclic amines) is 1. The molecule has 2 aromatic rings. The van der Waals surface area contributed by atoms with Crippen molar-refractivity contribution in [2.24, 2.45) is 0 Å². The Morgan fingerprint density at radius 1 is 1.22 bits per heavy atom. The maximum absolute atomic E-state index is 12.6. The minimum absolute atomic E-state index is 0.00496. The Balaban J connectivity index is 1.62. The maximum Gasteiger partial charge on any atom is 0.314 e. The van der Waals surface area contributed by atoms with Crippen LogP contribution in [0.15, 0.2) is 41.8 Å². The van der Waals surface area contributed by atoms with E-state index < -0.39 is 11.4 Å². The van der Waals surface area contributed by atoms with Crippen LogP contribution in [0.1, 0.15) is 38.3 Å². The average molecular weight is 388 g/mol. The van der Waals surface area contributed by atoms with E-state index in [2.05, 4.69) is 10.2 Å². The van der Waals surface area contributed by atoms with Crippen LogP contribution in [0.25, 0.3) is 0 Å². The summed E-state index contributed by atoms with van der Waals surface area (Å²) in [6.45, 7) is 4.96. The van der Waals surface area contributed by atoms with E-state index in [4.69, 9.17) is 0 Å². The van der Waals surface area contributed by atoms with Crippen molar-refractivity contribution in [3.05, 3.63) is 42.2 Å².